The van der Waals surface area contributed by atoms with Gasteiger partial charge in [0.05, 0.1) is 11.5 Å². The highest BCUT2D eigenvalue weighted by Crippen LogP contribution is 2.31. The van der Waals surface area contributed by atoms with Crippen molar-refractivity contribution in [2.75, 3.05) is 6.61 Å². The summed E-state index contributed by atoms with van der Waals surface area (Å²) in [6.45, 7) is 2.08. The van der Waals surface area contributed by atoms with Crippen LogP contribution in [0.5, 0.6) is 0 Å². The number of hydrogen-bond acceptors (Lipinski definition) is 7. The number of aryl methyl sites for hydroxylation is 1. The van der Waals surface area contributed by atoms with E-state index in [1.807, 2.05) is 17.5 Å². The van der Waals surface area contributed by atoms with E-state index in [0.717, 1.165) is 17.7 Å². The molecule has 1 saturated carbocycles. The van der Waals surface area contributed by atoms with E-state index in [1.165, 1.54) is 11.3 Å². The minimum absolute atomic E-state index is 0.188. The summed E-state index contributed by atoms with van der Waals surface area (Å²) in [5.74, 6) is 0.406. The van der Waals surface area contributed by atoms with Crippen molar-refractivity contribution in [2.45, 2.75) is 51.0 Å². The molecule has 0 aromatic carbocycles. The number of esters is 1. The smallest absolute Gasteiger partial charge is 0.331 e. The van der Waals surface area contributed by atoms with Crippen molar-refractivity contribution in [3.8, 4) is 10.7 Å². The van der Waals surface area contributed by atoms with Crippen molar-refractivity contribution < 1.29 is 18.8 Å². The van der Waals surface area contributed by atoms with Gasteiger partial charge < -0.3 is 14.6 Å². The largest absolute Gasteiger partial charge is 0.464 e. The first-order valence-electron chi connectivity index (χ1n) is 8.48. The van der Waals surface area contributed by atoms with Crippen LogP contribution in [0.1, 0.15) is 44.9 Å². The topological polar surface area (TPSA) is 94.3 Å². The predicted molar refractivity (Wildman–Crippen MR) is 91.9 cm³/mol. The van der Waals surface area contributed by atoms with E-state index in [-0.39, 0.29) is 18.3 Å². The van der Waals surface area contributed by atoms with Gasteiger partial charge >= 0.3 is 5.97 Å². The molecule has 0 radical (unpaired) electrons. The van der Waals surface area contributed by atoms with Gasteiger partial charge in [0.25, 0.3) is 0 Å². The molecule has 0 bridgehead atoms. The Kier molecular flexibility index (Phi) is 5.47. The molecule has 1 aliphatic carbocycles. The monoisotopic (exact) mass is 363 g/mol. The molecule has 2 aromatic rings. The number of hydrogen-bond donors (Lipinski definition) is 1. The van der Waals surface area contributed by atoms with Gasteiger partial charge in [0.2, 0.25) is 17.6 Å². The molecule has 134 valence electrons. The van der Waals surface area contributed by atoms with Crippen LogP contribution >= 0.6 is 11.3 Å². The summed E-state index contributed by atoms with van der Waals surface area (Å²) in [7, 11) is 0. The molecule has 0 aliphatic heterocycles. The van der Waals surface area contributed by atoms with E-state index in [0.29, 0.717) is 37.6 Å². The fourth-order valence-electron chi connectivity index (χ4n) is 3.04. The number of amides is 1. The summed E-state index contributed by atoms with van der Waals surface area (Å²) in [5, 5.41) is 8.74. The quantitative estimate of drug-likeness (QED) is 0.760. The van der Waals surface area contributed by atoms with Crippen LogP contribution in [0.3, 0.4) is 0 Å². The maximum atomic E-state index is 12.3. The fraction of sp³-hybridized carbons (Fsp3) is 0.529. The molecule has 25 heavy (non-hydrogen) atoms. The summed E-state index contributed by atoms with van der Waals surface area (Å²) in [6, 6.07) is 3.83. The van der Waals surface area contributed by atoms with Crippen LogP contribution in [0, 0.1) is 0 Å². The molecule has 0 saturated heterocycles. The van der Waals surface area contributed by atoms with Crippen molar-refractivity contribution >= 4 is 23.2 Å². The molecule has 2 aromatic heterocycles. The summed E-state index contributed by atoms with van der Waals surface area (Å²) >= 11 is 1.53. The van der Waals surface area contributed by atoms with Crippen molar-refractivity contribution in [2.24, 2.45) is 0 Å². The van der Waals surface area contributed by atoms with E-state index in [9.17, 15) is 9.59 Å². The minimum atomic E-state index is -0.871. The molecule has 2 heterocycles. The van der Waals surface area contributed by atoms with Crippen molar-refractivity contribution in [3.63, 3.8) is 0 Å². The number of nitrogens with one attached hydrogen (secondary N) is 1. The molecule has 1 fully saturated rings. The zero-order valence-corrected chi connectivity index (χ0v) is 14.9. The van der Waals surface area contributed by atoms with Gasteiger partial charge in [-0.1, -0.05) is 24.1 Å². The Bertz CT molecular complexity index is 720. The maximum Gasteiger partial charge on any atom is 0.331 e. The maximum absolute atomic E-state index is 12.3. The number of rotatable bonds is 7. The number of thiophene rings is 1. The van der Waals surface area contributed by atoms with Crippen LogP contribution in [0.25, 0.3) is 10.7 Å². The molecular formula is C17H21N3O4S. The summed E-state index contributed by atoms with van der Waals surface area (Å²) < 4.78 is 10.3. The number of ether oxygens (including phenoxy) is 1. The van der Waals surface area contributed by atoms with Gasteiger partial charge in [-0.3, -0.25) is 4.79 Å². The molecule has 1 amide bonds. The Morgan fingerprint density at radius 3 is 2.88 bits per heavy atom. The van der Waals surface area contributed by atoms with Crippen LogP contribution in [-0.2, 0) is 20.7 Å². The summed E-state index contributed by atoms with van der Waals surface area (Å²) in [4.78, 5) is 29.8. The Hall–Kier alpha value is -2.22. The molecule has 0 unspecified atom stereocenters. The van der Waals surface area contributed by atoms with Crippen molar-refractivity contribution in [3.05, 3.63) is 23.4 Å². The van der Waals surface area contributed by atoms with Gasteiger partial charge in [-0.2, -0.15) is 4.98 Å². The second-order valence-corrected chi connectivity index (χ2v) is 6.99. The predicted octanol–water partition coefficient (Wildman–Crippen LogP) is 2.72. The summed E-state index contributed by atoms with van der Waals surface area (Å²) in [5.41, 5.74) is -0.871. The SMILES string of the molecule is CCOC(=O)C1(NC(=O)CCc2nc(-c3cccs3)no2)CCCC1. The van der Waals surface area contributed by atoms with Gasteiger partial charge in [0.15, 0.2) is 0 Å². The van der Waals surface area contributed by atoms with Crippen LogP contribution in [0.2, 0.25) is 0 Å². The highest BCUT2D eigenvalue weighted by atomic mass is 32.1. The van der Waals surface area contributed by atoms with Gasteiger partial charge in [0, 0.05) is 12.8 Å². The molecule has 0 atom stereocenters. The van der Waals surface area contributed by atoms with Gasteiger partial charge in [-0.25, -0.2) is 4.79 Å². The zero-order chi connectivity index (χ0) is 17.7. The Morgan fingerprint density at radius 2 is 2.20 bits per heavy atom. The number of nitrogens with zero attached hydrogens (tertiary/aromatic N) is 2. The molecule has 1 N–H and O–H groups in total. The molecule has 1 aliphatic rings. The highest BCUT2D eigenvalue weighted by Gasteiger charge is 2.43. The second kappa shape index (κ2) is 7.77. The molecule has 7 nitrogen and oxygen atoms in total. The Labute approximate surface area is 149 Å². The third-order valence-corrected chi connectivity index (χ3v) is 5.14. The van der Waals surface area contributed by atoms with Crippen molar-refractivity contribution in [1.29, 1.82) is 0 Å². The summed E-state index contributed by atoms with van der Waals surface area (Å²) in [6.07, 6.45) is 3.59. The van der Waals surface area contributed by atoms with Crippen LogP contribution in [-0.4, -0.2) is 34.2 Å². The first-order valence-corrected chi connectivity index (χ1v) is 9.35. The Balaban J connectivity index is 1.56. The van der Waals surface area contributed by atoms with Crippen molar-refractivity contribution in [1.82, 2.24) is 15.5 Å². The number of carbonyl (C=O) groups excluding carboxylic acids is 2. The average molecular weight is 363 g/mol. The minimum Gasteiger partial charge on any atom is -0.464 e. The number of aromatic nitrogens is 2. The standard InChI is InChI=1S/C17H21N3O4S/c1-2-23-16(22)17(9-3-4-10-17)19-13(21)7-8-14-18-15(20-24-14)12-6-5-11-25-12/h5-6,11H,2-4,7-10H2,1H3,(H,19,21). The Morgan fingerprint density at radius 1 is 1.40 bits per heavy atom. The van der Waals surface area contributed by atoms with Crippen LogP contribution in [0.4, 0.5) is 0 Å². The van der Waals surface area contributed by atoms with E-state index < -0.39 is 5.54 Å². The average Bonchev–Trinajstić information content (AvgIpc) is 3.34. The third-order valence-electron chi connectivity index (χ3n) is 4.28. The molecular weight excluding hydrogens is 342 g/mol. The van der Waals surface area contributed by atoms with E-state index in [1.54, 1.807) is 6.92 Å². The zero-order valence-electron chi connectivity index (χ0n) is 14.1. The fourth-order valence-corrected chi connectivity index (χ4v) is 3.69. The second-order valence-electron chi connectivity index (χ2n) is 6.05. The van der Waals surface area contributed by atoms with E-state index in [2.05, 4.69) is 15.5 Å². The van der Waals surface area contributed by atoms with E-state index >= 15 is 0 Å². The lowest BCUT2D eigenvalue weighted by Crippen LogP contribution is -2.53. The highest BCUT2D eigenvalue weighted by molar-refractivity contribution is 7.13. The molecule has 8 heteroatoms. The lowest BCUT2D eigenvalue weighted by molar-refractivity contribution is -0.153. The first-order chi connectivity index (χ1) is 12.1. The molecule has 3 rings (SSSR count). The van der Waals surface area contributed by atoms with E-state index in [4.69, 9.17) is 9.26 Å². The molecule has 0 spiro atoms. The van der Waals surface area contributed by atoms with Crippen LogP contribution < -0.4 is 5.32 Å². The van der Waals surface area contributed by atoms with Crippen LogP contribution in [0.15, 0.2) is 22.0 Å². The number of carbonyl (C=O) groups is 2. The third kappa shape index (κ3) is 4.07. The van der Waals surface area contributed by atoms with Gasteiger partial charge in [-0.05, 0) is 31.2 Å². The first kappa shape index (κ1) is 17.6. The lowest BCUT2D eigenvalue weighted by atomic mass is 9.97. The van der Waals surface area contributed by atoms with Gasteiger partial charge in [0.1, 0.15) is 5.54 Å². The normalized spacial score (nSPS) is 15.9. The van der Waals surface area contributed by atoms with Gasteiger partial charge in [-0.15, -0.1) is 11.3 Å². The lowest BCUT2D eigenvalue weighted by Gasteiger charge is -2.27.